The lowest BCUT2D eigenvalue weighted by molar-refractivity contribution is -0.137. The Morgan fingerprint density at radius 3 is 2.61 bits per heavy atom. The van der Waals surface area contributed by atoms with Crippen LogP contribution in [0.2, 0.25) is 0 Å². The van der Waals surface area contributed by atoms with Crippen LogP contribution < -0.4 is 15.4 Å². The highest BCUT2D eigenvalue weighted by atomic mass is 19.4. The smallest absolute Gasteiger partial charge is 0.417 e. The summed E-state index contributed by atoms with van der Waals surface area (Å²) in [6.45, 7) is -0.577. The van der Waals surface area contributed by atoms with Gasteiger partial charge >= 0.3 is 6.18 Å². The zero-order valence-electron chi connectivity index (χ0n) is 18.9. The fraction of sp³-hybridized carbons (Fsp3) is 0.115. The van der Waals surface area contributed by atoms with E-state index in [2.05, 4.69) is 27.5 Å². The average Bonchev–Trinajstić information content (AvgIpc) is 2.86. The van der Waals surface area contributed by atoms with Gasteiger partial charge in [-0.3, -0.25) is 14.6 Å². The second-order valence-corrected chi connectivity index (χ2v) is 7.17. The quantitative estimate of drug-likeness (QED) is 0.351. The number of hydrogen-bond acceptors (Lipinski definition) is 5. The molecule has 36 heavy (non-hydrogen) atoms. The number of halogens is 3. The maximum atomic E-state index is 13.3. The summed E-state index contributed by atoms with van der Waals surface area (Å²) >= 11 is 0. The van der Waals surface area contributed by atoms with Gasteiger partial charge in [0, 0.05) is 36.6 Å². The Kier molecular flexibility index (Phi) is 8.43. The van der Waals surface area contributed by atoms with Crippen LogP contribution in [-0.4, -0.2) is 35.6 Å². The van der Waals surface area contributed by atoms with Crippen LogP contribution in [0.4, 0.5) is 18.9 Å². The number of ether oxygens (including phenoxy) is 1. The van der Waals surface area contributed by atoms with E-state index < -0.39 is 24.3 Å². The van der Waals surface area contributed by atoms with Gasteiger partial charge in [-0.25, -0.2) is 0 Å². The highest BCUT2D eigenvalue weighted by molar-refractivity contribution is 6.02. The minimum absolute atomic E-state index is 0.0618. The van der Waals surface area contributed by atoms with E-state index in [0.717, 1.165) is 12.1 Å². The van der Waals surface area contributed by atoms with Crippen molar-refractivity contribution in [3.63, 3.8) is 0 Å². The van der Waals surface area contributed by atoms with Crippen molar-refractivity contribution in [1.82, 2.24) is 10.3 Å². The van der Waals surface area contributed by atoms with Crippen LogP contribution in [0.15, 0.2) is 66.9 Å². The van der Waals surface area contributed by atoms with E-state index in [-0.39, 0.29) is 22.9 Å². The molecule has 0 spiro atoms. The number of pyridine rings is 1. The highest BCUT2D eigenvalue weighted by Crippen LogP contribution is 2.33. The molecule has 0 aliphatic rings. The molecule has 0 fully saturated rings. The van der Waals surface area contributed by atoms with Crippen molar-refractivity contribution in [3.05, 3.63) is 89.3 Å². The number of aliphatic hydroxyl groups is 1. The van der Waals surface area contributed by atoms with Gasteiger partial charge in [0.2, 0.25) is 5.91 Å². The van der Waals surface area contributed by atoms with Gasteiger partial charge in [-0.15, -0.1) is 0 Å². The summed E-state index contributed by atoms with van der Waals surface area (Å²) in [6.07, 6.45) is -0.616. The lowest BCUT2D eigenvalue weighted by Crippen LogP contribution is -2.18. The molecule has 0 unspecified atom stereocenters. The zero-order valence-corrected chi connectivity index (χ0v) is 18.9. The first-order chi connectivity index (χ1) is 17.2. The molecule has 2 aromatic carbocycles. The predicted molar refractivity (Wildman–Crippen MR) is 127 cm³/mol. The first kappa shape index (κ1) is 26.0. The Hall–Kier alpha value is -4.62. The van der Waals surface area contributed by atoms with Crippen molar-refractivity contribution in [2.24, 2.45) is 0 Å². The van der Waals surface area contributed by atoms with Crippen molar-refractivity contribution in [3.8, 4) is 23.3 Å². The lowest BCUT2D eigenvalue weighted by Gasteiger charge is -2.11. The van der Waals surface area contributed by atoms with Crippen molar-refractivity contribution in [1.29, 1.82) is 0 Å². The number of nitrogens with zero attached hydrogens (tertiary/aromatic N) is 1. The van der Waals surface area contributed by atoms with Crippen LogP contribution in [0.25, 0.3) is 6.08 Å². The summed E-state index contributed by atoms with van der Waals surface area (Å²) in [7, 11) is 1.49. The van der Waals surface area contributed by atoms with Crippen LogP contribution in [0.3, 0.4) is 0 Å². The summed E-state index contributed by atoms with van der Waals surface area (Å²) in [5, 5.41) is 13.6. The molecule has 1 heterocycles. The molecule has 3 rings (SSSR count). The van der Waals surface area contributed by atoms with Gasteiger partial charge in [0.25, 0.3) is 5.91 Å². The monoisotopic (exact) mass is 495 g/mol. The van der Waals surface area contributed by atoms with Gasteiger partial charge in [-0.05, 0) is 48.0 Å². The third-order valence-corrected chi connectivity index (χ3v) is 4.61. The summed E-state index contributed by atoms with van der Waals surface area (Å²) in [5.41, 5.74) is -0.615. The van der Waals surface area contributed by atoms with Gasteiger partial charge in [0.15, 0.2) is 0 Å². The van der Waals surface area contributed by atoms with Crippen molar-refractivity contribution >= 4 is 23.6 Å². The fourth-order valence-corrected chi connectivity index (χ4v) is 3.00. The van der Waals surface area contributed by atoms with Crippen LogP contribution in [0.5, 0.6) is 11.5 Å². The summed E-state index contributed by atoms with van der Waals surface area (Å²) in [6, 6.07) is 13.0. The Balaban J connectivity index is 1.71. The second kappa shape index (κ2) is 11.7. The molecule has 0 aliphatic carbocycles. The number of hydrogen-bond donors (Lipinski definition) is 3. The van der Waals surface area contributed by atoms with Gasteiger partial charge < -0.3 is 20.5 Å². The van der Waals surface area contributed by atoms with E-state index in [9.17, 15) is 22.8 Å². The van der Waals surface area contributed by atoms with E-state index in [1.807, 2.05) is 0 Å². The molecule has 184 valence electrons. The lowest BCUT2D eigenvalue weighted by atomic mass is 10.1. The Morgan fingerprint density at radius 2 is 1.89 bits per heavy atom. The van der Waals surface area contributed by atoms with Gasteiger partial charge in [-0.1, -0.05) is 24.0 Å². The number of anilines is 1. The van der Waals surface area contributed by atoms with E-state index in [4.69, 9.17) is 9.84 Å². The number of carbonyl (C=O) groups excluding carboxylic acids is 2. The zero-order chi connectivity index (χ0) is 26.1. The maximum absolute atomic E-state index is 13.3. The number of benzene rings is 2. The number of nitrogens with one attached hydrogen (secondary N) is 2. The molecule has 0 radical (unpaired) electrons. The minimum atomic E-state index is -4.69. The fourth-order valence-electron chi connectivity index (χ4n) is 3.00. The normalized spacial score (nSPS) is 10.9. The molecule has 0 saturated heterocycles. The van der Waals surface area contributed by atoms with Crippen LogP contribution in [0.1, 0.15) is 27.2 Å². The third-order valence-electron chi connectivity index (χ3n) is 4.61. The third kappa shape index (κ3) is 7.19. The maximum Gasteiger partial charge on any atom is 0.417 e. The molecule has 0 bridgehead atoms. The minimum Gasteiger partial charge on any atom is -0.457 e. The number of carbonyl (C=O) groups is 2. The van der Waals surface area contributed by atoms with E-state index >= 15 is 0 Å². The molecule has 3 N–H and O–H groups in total. The molecule has 0 aliphatic heterocycles. The largest absolute Gasteiger partial charge is 0.457 e. The predicted octanol–water partition coefficient (Wildman–Crippen LogP) is 4.25. The summed E-state index contributed by atoms with van der Waals surface area (Å²) in [4.78, 5) is 28.0. The van der Waals surface area contributed by atoms with Crippen LogP contribution in [-0.2, 0) is 11.0 Å². The molecular weight excluding hydrogens is 475 g/mol. The highest BCUT2D eigenvalue weighted by Gasteiger charge is 2.33. The van der Waals surface area contributed by atoms with Crippen LogP contribution in [0, 0.1) is 11.8 Å². The Labute approximate surface area is 204 Å². The molecule has 7 nitrogen and oxygen atoms in total. The summed E-state index contributed by atoms with van der Waals surface area (Å²) < 4.78 is 45.8. The number of aliphatic hydroxyl groups excluding tert-OH is 1. The number of rotatable bonds is 6. The van der Waals surface area contributed by atoms with Gasteiger partial charge in [0.05, 0.1) is 5.56 Å². The van der Waals surface area contributed by atoms with E-state index in [0.29, 0.717) is 17.1 Å². The Bertz CT molecular complexity index is 1360. The molecule has 3 aromatic rings. The van der Waals surface area contributed by atoms with Gasteiger partial charge in [-0.2, -0.15) is 13.2 Å². The SMILES string of the molecule is CNC(=O)c1cc(Oc2cccc(C=CC(=O)Nc3ccc(C#CCO)c(C(F)(F)F)c3)c2)ccn1. The van der Waals surface area contributed by atoms with Gasteiger partial charge in [0.1, 0.15) is 23.8 Å². The van der Waals surface area contributed by atoms with Crippen molar-refractivity contribution < 1.29 is 32.6 Å². The number of alkyl halides is 3. The molecule has 0 atom stereocenters. The standard InChI is InChI=1S/C26H20F3N3O4/c1-30-25(35)23-16-21(11-12-31-23)36-20-6-2-4-17(14-20)7-10-24(34)32-19-9-8-18(5-3-13-33)22(15-19)26(27,28)29/h2,4,6-12,14-16,33H,13H2,1H3,(H,30,35)(H,32,34). The molecule has 1 aromatic heterocycles. The number of amides is 2. The van der Waals surface area contributed by atoms with E-state index in [1.165, 1.54) is 37.5 Å². The molecule has 0 saturated carbocycles. The second-order valence-electron chi connectivity index (χ2n) is 7.17. The topological polar surface area (TPSA) is 101 Å². The molecular formula is C26H20F3N3O4. The summed E-state index contributed by atoms with van der Waals surface area (Å²) in [5.74, 6) is 4.24. The first-order valence-corrected chi connectivity index (χ1v) is 10.5. The van der Waals surface area contributed by atoms with Crippen molar-refractivity contribution in [2.75, 3.05) is 19.0 Å². The first-order valence-electron chi connectivity index (χ1n) is 10.5. The van der Waals surface area contributed by atoms with E-state index in [1.54, 1.807) is 30.3 Å². The average molecular weight is 495 g/mol. The molecule has 2 amide bonds. The molecule has 10 heteroatoms. The van der Waals surface area contributed by atoms with Crippen LogP contribution >= 0.6 is 0 Å². The Morgan fingerprint density at radius 1 is 1.11 bits per heavy atom. The van der Waals surface area contributed by atoms with Crippen molar-refractivity contribution in [2.45, 2.75) is 6.18 Å². The number of aromatic nitrogens is 1.